The Labute approximate surface area is 332 Å². The highest BCUT2D eigenvalue weighted by molar-refractivity contribution is 7.69. The van der Waals surface area contributed by atoms with Crippen LogP contribution in [-0.2, 0) is 41.2 Å². The molecule has 0 unspecified atom stereocenters. The first-order valence-electron chi connectivity index (χ1n) is 18.3. The Morgan fingerprint density at radius 2 is 0.860 bits per heavy atom. The second kappa shape index (κ2) is 19.9. The van der Waals surface area contributed by atoms with Crippen LogP contribution in [0.25, 0.3) is 0 Å². The van der Waals surface area contributed by atoms with Crippen LogP contribution < -0.4 is 21.2 Å². The van der Waals surface area contributed by atoms with Crippen molar-refractivity contribution in [1.29, 1.82) is 0 Å². The van der Waals surface area contributed by atoms with Gasteiger partial charge < -0.3 is 28.0 Å². The number of benzene rings is 6. The molecule has 0 saturated carbocycles. The Morgan fingerprint density at radius 3 is 1.26 bits per heavy atom. The summed E-state index contributed by atoms with van der Waals surface area (Å²) in [5.74, 6) is -1.71. The zero-order valence-electron chi connectivity index (χ0n) is 30.9. The fraction of sp³-hybridized carbons (Fsp3) is 0.200. The molecule has 0 aromatic heterocycles. The third kappa shape index (κ3) is 10.8. The molecule has 1 aliphatic heterocycles. The van der Waals surface area contributed by atoms with Gasteiger partial charge >= 0.3 is 0 Å². The third-order valence-corrected chi connectivity index (χ3v) is 13.2. The lowest BCUT2D eigenvalue weighted by molar-refractivity contribution is -0.298. The molecule has 7 rings (SSSR count). The molecule has 294 valence electrons. The van der Waals surface area contributed by atoms with Gasteiger partial charge in [-0.1, -0.05) is 60.7 Å². The molecule has 1 aliphatic rings. The summed E-state index contributed by atoms with van der Waals surface area (Å²) in [6.45, 7) is 0.463. The summed E-state index contributed by atoms with van der Waals surface area (Å²) in [5.41, 5.74) is 1.83. The molecule has 12 heteroatoms. The predicted molar refractivity (Wildman–Crippen MR) is 215 cm³/mol. The van der Waals surface area contributed by atoms with Crippen LogP contribution in [0, 0.1) is 23.3 Å². The molecule has 1 fully saturated rings. The maximum absolute atomic E-state index is 14.3. The largest absolute Gasteiger partial charge is 0.374 e. The van der Waals surface area contributed by atoms with E-state index in [1.54, 1.807) is 48.5 Å². The molecule has 0 N–H and O–H groups in total. The van der Waals surface area contributed by atoms with Crippen molar-refractivity contribution in [3.8, 4) is 0 Å². The maximum Gasteiger partial charge on any atom is 0.186 e. The Balaban J connectivity index is 1.34. The first kappa shape index (κ1) is 40.8. The minimum atomic E-state index is -1.79. The standard InChI is InChI=1S/C45H40F4O6P2/c1-50-45-44(52-29-32-10-6-3-7-11-32)43(55-57(39-24-16-35(48)17-25-39)40-26-18-36(49)19-27-40)42(41(53-45)30-51-28-31-8-4-2-5-9-31)54-56(37-20-12-33(46)13-21-37)38-22-14-34(47)15-23-38/h2-27,41-45H,28-30H2,1H3/t41-,42-,43+,44+,45+/m1/s1. The van der Waals surface area contributed by atoms with Crippen LogP contribution in [0.15, 0.2) is 158 Å². The highest BCUT2D eigenvalue weighted by Gasteiger charge is 2.51. The summed E-state index contributed by atoms with van der Waals surface area (Å²) in [6.07, 6.45) is -4.66. The maximum atomic E-state index is 14.3. The number of halogens is 4. The molecular formula is C45H40F4O6P2. The fourth-order valence-electron chi connectivity index (χ4n) is 6.35. The summed E-state index contributed by atoms with van der Waals surface area (Å²) in [7, 11) is -2.06. The molecule has 1 saturated heterocycles. The molecular weight excluding hydrogens is 774 g/mol. The van der Waals surface area contributed by atoms with Crippen molar-refractivity contribution < 1.29 is 45.6 Å². The van der Waals surface area contributed by atoms with E-state index in [0.717, 1.165) is 11.1 Å². The highest BCUT2D eigenvalue weighted by Crippen LogP contribution is 2.46. The van der Waals surface area contributed by atoms with Crippen molar-refractivity contribution >= 4 is 37.5 Å². The third-order valence-electron chi connectivity index (χ3n) is 9.20. The minimum absolute atomic E-state index is 0.0334. The summed E-state index contributed by atoms with van der Waals surface area (Å²) < 4.78 is 97.4. The van der Waals surface area contributed by atoms with Gasteiger partial charge in [-0.25, -0.2) is 17.6 Å². The van der Waals surface area contributed by atoms with Crippen molar-refractivity contribution in [3.05, 3.63) is 192 Å². The second-order valence-corrected chi connectivity index (χ2v) is 16.8. The lowest BCUT2D eigenvalue weighted by Gasteiger charge is -2.47. The van der Waals surface area contributed by atoms with Crippen molar-refractivity contribution in [1.82, 2.24) is 0 Å². The van der Waals surface area contributed by atoms with Crippen LogP contribution in [0.1, 0.15) is 11.1 Å². The fourth-order valence-corrected chi connectivity index (χ4v) is 10.1. The van der Waals surface area contributed by atoms with E-state index in [2.05, 4.69) is 0 Å². The predicted octanol–water partition coefficient (Wildman–Crippen LogP) is 8.58. The summed E-state index contributed by atoms with van der Waals surface area (Å²) in [5, 5.41) is 2.59. The SMILES string of the molecule is CO[C@H]1O[C@H](COCc2ccccc2)[C@@H](OP(c2ccc(F)cc2)c2ccc(F)cc2)[C@H](OP(c2ccc(F)cc2)c2ccc(F)cc2)[C@@H]1OCc1ccccc1. The van der Waals surface area contributed by atoms with Crippen molar-refractivity contribution in [3.63, 3.8) is 0 Å². The van der Waals surface area contributed by atoms with Crippen molar-refractivity contribution in [2.45, 2.75) is 43.9 Å². The van der Waals surface area contributed by atoms with E-state index < -0.39 is 70.3 Å². The molecule has 6 nitrogen and oxygen atoms in total. The Bertz CT molecular complexity index is 2030. The van der Waals surface area contributed by atoms with Gasteiger partial charge in [0.1, 0.15) is 47.7 Å². The summed E-state index contributed by atoms with van der Waals surface area (Å²) in [4.78, 5) is 0. The van der Waals surface area contributed by atoms with E-state index in [1.807, 2.05) is 60.7 Å². The van der Waals surface area contributed by atoms with Gasteiger partial charge in [0.15, 0.2) is 6.29 Å². The van der Waals surface area contributed by atoms with Crippen LogP contribution in [0.5, 0.6) is 0 Å². The van der Waals surface area contributed by atoms with Crippen LogP contribution in [0.3, 0.4) is 0 Å². The topological polar surface area (TPSA) is 55.4 Å². The van der Waals surface area contributed by atoms with E-state index in [-0.39, 0.29) is 19.8 Å². The molecule has 5 atom stereocenters. The van der Waals surface area contributed by atoms with E-state index in [1.165, 1.54) is 55.6 Å². The first-order chi connectivity index (χ1) is 27.8. The molecule has 6 aromatic carbocycles. The van der Waals surface area contributed by atoms with Crippen LogP contribution in [0.2, 0.25) is 0 Å². The molecule has 0 aliphatic carbocycles. The molecule has 0 radical (unpaired) electrons. The van der Waals surface area contributed by atoms with Gasteiger partial charge in [0.2, 0.25) is 0 Å². The Morgan fingerprint density at radius 1 is 0.474 bits per heavy atom. The first-order valence-corrected chi connectivity index (χ1v) is 20.8. The summed E-state index contributed by atoms with van der Waals surface area (Å²) in [6, 6.07) is 43.1. The van der Waals surface area contributed by atoms with Crippen LogP contribution in [0.4, 0.5) is 17.6 Å². The van der Waals surface area contributed by atoms with Crippen LogP contribution >= 0.6 is 16.3 Å². The molecule has 6 aromatic rings. The highest BCUT2D eigenvalue weighted by atomic mass is 31.1. The quantitative estimate of drug-likeness (QED) is 0.0722. The van der Waals surface area contributed by atoms with Crippen molar-refractivity contribution in [2.24, 2.45) is 0 Å². The van der Waals surface area contributed by atoms with Gasteiger partial charge in [-0.15, -0.1) is 0 Å². The monoisotopic (exact) mass is 814 g/mol. The normalized spacial score (nSPS) is 19.6. The number of ether oxygens (including phenoxy) is 4. The van der Waals surface area contributed by atoms with Gasteiger partial charge in [0.05, 0.1) is 36.1 Å². The van der Waals surface area contributed by atoms with Gasteiger partial charge in [-0.2, -0.15) is 0 Å². The lowest BCUT2D eigenvalue weighted by Crippen LogP contribution is -2.61. The smallest absolute Gasteiger partial charge is 0.186 e. The molecule has 0 amide bonds. The summed E-state index contributed by atoms with van der Waals surface area (Å²) >= 11 is 0. The average Bonchev–Trinajstić information content (AvgIpc) is 3.24. The average molecular weight is 815 g/mol. The number of rotatable bonds is 16. The van der Waals surface area contributed by atoms with E-state index in [9.17, 15) is 17.6 Å². The Hall–Kier alpha value is -4.34. The minimum Gasteiger partial charge on any atom is -0.374 e. The van der Waals surface area contributed by atoms with Crippen LogP contribution in [-0.4, -0.2) is 44.4 Å². The van der Waals surface area contributed by atoms with E-state index in [4.69, 9.17) is 28.0 Å². The molecule has 0 bridgehead atoms. The second-order valence-electron chi connectivity index (χ2n) is 13.2. The molecule has 1 heterocycles. The molecule has 0 spiro atoms. The number of methoxy groups -OCH3 is 1. The van der Waals surface area contributed by atoms with Gasteiger partial charge in [0.25, 0.3) is 0 Å². The lowest BCUT2D eigenvalue weighted by atomic mass is 9.99. The number of hydrogen-bond acceptors (Lipinski definition) is 6. The van der Waals surface area contributed by atoms with E-state index >= 15 is 0 Å². The van der Waals surface area contributed by atoms with Gasteiger partial charge in [-0.05, 0) is 108 Å². The van der Waals surface area contributed by atoms with Gasteiger partial charge in [0, 0.05) is 28.3 Å². The zero-order valence-corrected chi connectivity index (χ0v) is 32.7. The Kier molecular flexibility index (Phi) is 14.2. The van der Waals surface area contributed by atoms with Gasteiger partial charge in [-0.3, -0.25) is 0 Å². The molecule has 57 heavy (non-hydrogen) atoms. The van der Waals surface area contributed by atoms with E-state index in [0.29, 0.717) is 21.2 Å². The number of hydrogen-bond donors (Lipinski definition) is 0. The zero-order chi connectivity index (χ0) is 39.6. The van der Waals surface area contributed by atoms with Crippen molar-refractivity contribution in [2.75, 3.05) is 13.7 Å².